The van der Waals surface area contributed by atoms with Crippen molar-refractivity contribution in [1.82, 2.24) is 0 Å². The van der Waals surface area contributed by atoms with Crippen LogP contribution in [0.2, 0.25) is 0 Å². The van der Waals surface area contributed by atoms with Crippen LogP contribution in [0.15, 0.2) is 29.2 Å². The Bertz CT molecular complexity index is 371. The van der Waals surface area contributed by atoms with E-state index in [1.165, 1.54) is 6.92 Å². The average Bonchev–Trinajstić information content (AvgIpc) is 2.15. The Kier molecular flexibility index (Phi) is 3.58. The molecule has 0 N–H and O–H groups in total. The molecule has 0 aromatic heterocycles. The summed E-state index contributed by atoms with van der Waals surface area (Å²) in [5, 5.41) is -0.420. The Balaban J connectivity index is 2.95. The molecule has 76 valence electrons. The molecule has 0 spiro atoms. The SMILES string of the molecule is CC(=O)C(C)S(=O)c1cccc(C)c1. The van der Waals surface area contributed by atoms with Gasteiger partial charge in [0.15, 0.2) is 0 Å². The van der Waals surface area contributed by atoms with Crippen molar-refractivity contribution in [1.29, 1.82) is 0 Å². The summed E-state index contributed by atoms with van der Waals surface area (Å²) in [5.41, 5.74) is 1.06. The number of carbonyl (C=O) groups is 1. The van der Waals surface area contributed by atoms with E-state index in [2.05, 4.69) is 0 Å². The molecule has 0 fully saturated rings. The van der Waals surface area contributed by atoms with Crippen molar-refractivity contribution >= 4 is 16.6 Å². The second-order valence-electron chi connectivity index (χ2n) is 3.37. The number of rotatable bonds is 3. The molecule has 0 saturated carbocycles. The quantitative estimate of drug-likeness (QED) is 0.765. The lowest BCUT2D eigenvalue weighted by atomic mass is 10.2. The molecule has 0 saturated heterocycles. The van der Waals surface area contributed by atoms with Crippen LogP contribution in [-0.4, -0.2) is 15.2 Å². The molecule has 2 atom stereocenters. The second kappa shape index (κ2) is 4.51. The van der Waals surface area contributed by atoms with Gasteiger partial charge in [-0.1, -0.05) is 12.1 Å². The van der Waals surface area contributed by atoms with E-state index in [0.29, 0.717) is 0 Å². The van der Waals surface area contributed by atoms with Crippen LogP contribution in [0.5, 0.6) is 0 Å². The number of ketones is 1. The summed E-state index contributed by atoms with van der Waals surface area (Å²) >= 11 is 0. The highest BCUT2D eigenvalue weighted by atomic mass is 32.2. The molecule has 0 aliphatic rings. The van der Waals surface area contributed by atoms with Gasteiger partial charge in [-0.3, -0.25) is 9.00 Å². The number of hydrogen-bond donors (Lipinski definition) is 0. The molecular formula is C11H14O2S. The van der Waals surface area contributed by atoms with Crippen molar-refractivity contribution in [2.75, 3.05) is 0 Å². The molecular weight excluding hydrogens is 196 g/mol. The van der Waals surface area contributed by atoms with Crippen LogP contribution in [0, 0.1) is 6.92 Å². The van der Waals surface area contributed by atoms with Gasteiger partial charge in [0.1, 0.15) is 5.78 Å². The second-order valence-corrected chi connectivity index (χ2v) is 5.14. The van der Waals surface area contributed by atoms with Crippen LogP contribution >= 0.6 is 0 Å². The van der Waals surface area contributed by atoms with Crippen LogP contribution in [0.1, 0.15) is 19.4 Å². The molecule has 0 amide bonds. The number of carbonyl (C=O) groups excluding carboxylic acids is 1. The maximum absolute atomic E-state index is 11.8. The Morgan fingerprint density at radius 3 is 2.57 bits per heavy atom. The summed E-state index contributed by atoms with van der Waals surface area (Å²) in [6, 6.07) is 7.45. The van der Waals surface area contributed by atoms with Gasteiger partial charge < -0.3 is 0 Å². The minimum absolute atomic E-state index is 0.0372. The van der Waals surface area contributed by atoms with Crippen molar-refractivity contribution in [3.05, 3.63) is 29.8 Å². The van der Waals surface area contributed by atoms with E-state index in [9.17, 15) is 9.00 Å². The van der Waals surface area contributed by atoms with Gasteiger partial charge in [0, 0.05) is 4.90 Å². The molecule has 0 radical (unpaired) electrons. The largest absolute Gasteiger partial charge is 0.299 e. The van der Waals surface area contributed by atoms with Crippen molar-refractivity contribution in [3.8, 4) is 0 Å². The first-order valence-corrected chi connectivity index (χ1v) is 5.71. The smallest absolute Gasteiger partial charge is 0.145 e. The van der Waals surface area contributed by atoms with Crippen LogP contribution in [0.4, 0.5) is 0 Å². The van der Waals surface area contributed by atoms with Gasteiger partial charge in [-0.2, -0.15) is 0 Å². The van der Waals surface area contributed by atoms with Gasteiger partial charge in [0.05, 0.1) is 16.0 Å². The Labute approximate surface area is 86.8 Å². The molecule has 3 heteroatoms. The van der Waals surface area contributed by atoms with E-state index in [1.807, 2.05) is 25.1 Å². The molecule has 1 aromatic carbocycles. The molecule has 2 nitrogen and oxygen atoms in total. The summed E-state index contributed by atoms with van der Waals surface area (Å²) < 4.78 is 11.8. The highest BCUT2D eigenvalue weighted by molar-refractivity contribution is 7.86. The third-order valence-electron chi connectivity index (χ3n) is 2.12. The van der Waals surface area contributed by atoms with E-state index in [-0.39, 0.29) is 5.78 Å². The molecule has 0 heterocycles. The zero-order chi connectivity index (χ0) is 10.7. The first-order chi connectivity index (χ1) is 6.52. The predicted octanol–water partition coefficient (Wildman–Crippen LogP) is 2.08. The van der Waals surface area contributed by atoms with E-state index in [0.717, 1.165) is 10.5 Å². The van der Waals surface area contributed by atoms with Crippen molar-refractivity contribution < 1.29 is 9.00 Å². The first-order valence-electron chi connectivity index (χ1n) is 4.50. The van der Waals surface area contributed by atoms with Crippen LogP contribution in [0.25, 0.3) is 0 Å². The molecule has 1 aromatic rings. The van der Waals surface area contributed by atoms with Crippen LogP contribution < -0.4 is 0 Å². The predicted molar refractivity (Wildman–Crippen MR) is 57.7 cm³/mol. The minimum atomic E-state index is -1.22. The van der Waals surface area contributed by atoms with Crippen molar-refractivity contribution in [3.63, 3.8) is 0 Å². The van der Waals surface area contributed by atoms with E-state index in [1.54, 1.807) is 13.0 Å². The third kappa shape index (κ3) is 2.51. The fourth-order valence-corrected chi connectivity index (χ4v) is 2.32. The zero-order valence-electron chi connectivity index (χ0n) is 8.61. The standard InChI is InChI=1S/C11H14O2S/c1-8-5-4-6-11(7-8)14(13)10(3)9(2)12/h4-7,10H,1-3H3. The van der Waals surface area contributed by atoms with E-state index < -0.39 is 16.0 Å². The average molecular weight is 210 g/mol. The van der Waals surface area contributed by atoms with E-state index in [4.69, 9.17) is 0 Å². The minimum Gasteiger partial charge on any atom is -0.299 e. The number of hydrogen-bond acceptors (Lipinski definition) is 2. The van der Waals surface area contributed by atoms with Crippen LogP contribution in [-0.2, 0) is 15.6 Å². The highest BCUT2D eigenvalue weighted by Gasteiger charge is 2.17. The van der Waals surface area contributed by atoms with Gasteiger partial charge in [-0.05, 0) is 38.5 Å². The van der Waals surface area contributed by atoms with Gasteiger partial charge in [-0.15, -0.1) is 0 Å². The van der Waals surface area contributed by atoms with Gasteiger partial charge in [0.25, 0.3) is 0 Å². The fourth-order valence-electron chi connectivity index (χ4n) is 1.10. The Morgan fingerprint density at radius 2 is 2.07 bits per heavy atom. The summed E-state index contributed by atoms with van der Waals surface area (Å²) in [4.78, 5) is 11.8. The highest BCUT2D eigenvalue weighted by Crippen LogP contribution is 2.13. The van der Waals surface area contributed by atoms with E-state index >= 15 is 0 Å². The topological polar surface area (TPSA) is 34.1 Å². The number of aryl methyl sites for hydroxylation is 1. The maximum Gasteiger partial charge on any atom is 0.145 e. The summed E-state index contributed by atoms with van der Waals surface area (Å²) in [6.45, 7) is 5.11. The molecule has 2 unspecified atom stereocenters. The first kappa shape index (κ1) is 11.1. The molecule has 0 aliphatic carbocycles. The lowest BCUT2D eigenvalue weighted by molar-refractivity contribution is -0.116. The Hall–Kier alpha value is -0.960. The monoisotopic (exact) mass is 210 g/mol. The lowest BCUT2D eigenvalue weighted by Crippen LogP contribution is -2.19. The van der Waals surface area contributed by atoms with Crippen molar-refractivity contribution in [2.45, 2.75) is 30.9 Å². The van der Waals surface area contributed by atoms with Gasteiger partial charge in [-0.25, -0.2) is 0 Å². The lowest BCUT2D eigenvalue weighted by Gasteiger charge is -2.07. The van der Waals surface area contributed by atoms with Gasteiger partial charge >= 0.3 is 0 Å². The fraction of sp³-hybridized carbons (Fsp3) is 0.364. The normalized spacial score (nSPS) is 14.8. The molecule has 14 heavy (non-hydrogen) atoms. The number of Topliss-reactive ketones (excluding diaryl/α,β-unsaturated/α-hetero) is 1. The molecule has 1 rings (SSSR count). The van der Waals surface area contributed by atoms with Crippen molar-refractivity contribution in [2.24, 2.45) is 0 Å². The zero-order valence-corrected chi connectivity index (χ0v) is 9.43. The molecule has 0 bridgehead atoms. The van der Waals surface area contributed by atoms with Crippen LogP contribution in [0.3, 0.4) is 0 Å². The Morgan fingerprint density at radius 1 is 1.43 bits per heavy atom. The summed E-state index contributed by atoms with van der Waals surface area (Å²) in [5.74, 6) is -0.0372. The number of benzene rings is 1. The maximum atomic E-state index is 11.8. The molecule has 0 aliphatic heterocycles. The third-order valence-corrected chi connectivity index (χ3v) is 3.81. The summed E-state index contributed by atoms with van der Waals surface area (Å²) in [6.07, 6.45) is 0. The van der Waals surface area contributed by atoms with Gasteiger partial charge in [0.2, 0.25) is 0 Å². The summed E-state index contributed by atoms with van der Waals surface area (Å²) in [7, 11) is -1.22.